The van der Waals surface area contributed by atoms with Crippen LogP contribution >= 0.6 is 23.4 Å². The van der Waals surface area contributed by atoms with E-state index >= 15 is 0 Å². The van der Waals surface area contributed by atoms with E-state index in [2.05, 4.69) is 4.98 Å². The zero-order valence-corrected chi connectivity index (χ0v) is 12.9. The van der Waals surface area contributed by atoms with E-state index in [1.165, 1.54) is 5.56 Å². The Morgan fingerprint density at radius 3 is 2.57 bits per heavy atom. The van der Waals surface area contributed by atoms with E-state index in [1.54, 1.807) is 11.8 Å². The molecule has 0 radical (unpaired) electrons. The Bertz CT molecular complexity index is 758. The summed E-state index contributed by atoms with van der Waals surface area (Å²) in [7, 11) is 0. The fourth-order valence-corrected chi connectivity index (χ4v) is 3.21. The summed E-state index contributed by atoms with van der Waals surface area (Å²) in [4.78, 5) is 4.66. The van der Waals surface area contributed by atoms with E-state index in [-0.39, 0.29) is 6.61 Å². The predicted octanol–water partition coefficient (Wildman–Crippen LogP) is 4.67. The van der Waals surface area contributed by atoms with Crippen molar-refractivity contribution in [3.8, 4) is 0 Å². The molecule has 1 aromatic heterocycles. The van der Waals surface area contributed by atoms with E-state index in [0.29, 0.717) is 0 Å². The first-order valence-corrected chi connectivity index (χ1v) is 7.99. The molecule has 0 bridgehead atoms. The number of nitrogens with zero attached hydrogens (tertiary/aromatic N) is 1. The van der Waals surface area contributed by atoms with E-state index in [4.69, 9.17) is 11.6 Å². The van der Waals surface area contributed by atoms with Crippen molar-refractivity contribution in [3.05, 3.63) is 70.7 Å². The van der Waals surface area contributed by atoms with Crippen LogP contribution in [0.1, 0.15) is 11.1 Å². The molecule has 21 heavy (non-hydrogen) atoms. The Kier molecular flexibility index (Phi) is 4.44. The second kappa shape index (κ2) is 6.48. The minimum Gasteiger partial charge on any atom is -0.392 e. The van der Waals surface area contributed by atoms with Crippen molar-refractivity contribution in [2.24, 2.45) is 0 Å². The fraction of sp³-hybridized carbons (Fsp3) is 0.118. The fourth-order valence-electron chi connectivity index (χ4n) is 2.11. The van der Waals surface area contributed by atoms with Crippen LogP contribution in [0.2, 0.25) is 5.02 Å². The molecule has 1 N–H and O–H groups in total. The number of fused-ring (bicyclic) bond motifs is 1. The summed E-state index contributed by atoms with van der Waals surface area (Å²) in [5.41, 5.74) is 3.00. The van der Waals surface area contributed by atoms with Gasteiger partial charge in [-0.3, -0.25) is 0 Å². The lowest BCUT2D eigenvalue weighted by Gasteiger charge is -2.08. The largest absolute Gasteiger partial charge is 0.392 e. The summed E-state index contributed by atoms with van der Waals surface area (Å²) in [6.45, 7) is 0.000779. The van der Waals surface area contributed by atoms with Gasteiger partial charge in [0.2, 0.25) is 0 Å². The Balaban J connectivity index is 1.86. The first kappa shape index (κ1) is 14.4. The Labute approximate surface area is 132 Å². The molecule has 0 atom stereocenters. The molecular weight excluding hydrogens is 302 g/mol. The van der Waals surface area contributed by atoms with Gasteiger partial charge < -0.3 is 5.11 Å². The number of aliphatic hydroxyl groups is 1. The molecule has 2 nitrogen and oxygen atoms in total. The molecule has 2 aromatic carbocycles. The molecule has 1 heterocycles. The van der Waals surface area contributed by atoms with Crippen LogP contribution in [-0.4, -0.2) is 10.1 Å². The van der Waals surface area contributed by atoms with Gasteiger partial charge in [-0.2, -0.15) is 0 Å². The molecule has 3 rings (SSSR count). The van der Waals surface area contributed by atoms with Crippen molar-refractivity contribution in [2.45, 2.75) is 17.4 Å². The van der Waals surface area contributed by atoms with Crippen molar-refractivity contribution in [2.75, 3.05) is 0 Å². The lowest BCUT2D eigenvalue weighted by Crippen LogP contribution is -1.93. The van der Waals surface area contributed by atoms with Gasteiger partial charge in [-0.05, 0) is 29.8 Å². The van der Waals surface area contributed by atoms with E-state index in [9.17, 15) is 5.11 Å². The number of para-hydroxylation sites is 1. The number of hydrogen-bond donors (Lipinski definition) is 1. The van der Waals surface area contributed by atoms with Crippen LogP contribution in [0.25, 0.3) is 10.9 Å². The van der Waals surface area contributed by atoms with Crippen LogP contribution in [0.5, 0.6) is 0 Å². The Morgan fingerprint density at radius 2 is 1.81 bits per heavy atom. The molecule has 0 saturated carbocycles. The number of benzene rings is 2. The monoisotopic (exact) mass is 315 g/mol. The summed E-state index contributed by atoms with van der Waals surface area (Å²) in [6.07, 6.45) is 0. The number of aromatic nitrogens is 1. The van der Waals surface area contributed by atoms with Crippen LogP contribution < -0.4 is 0 Å². The summed E-state index contributed by atoms with van der Waals surface area (Å²) in [5, 5.41) is 12.2. The average molecular weight is 316 g/mol. The number of hydrogen-bond acceptors (Lipinski definition) is 3. The van der Waals surface area contributed by atoms with Gasteiger partial charge >= 0.3 is 0 Å². The second-order valence-electron chi connectivity index (χ2n) is 4.72. The van der Waals surface area contributed by atoms with Crippen molar-refractivity contribution >= 4 is 34.3 Å². The van der Waals surface area contributed by atoms with E-state index in [1.807, 2.05) is 54.6 Å². The zero-order chi connectivity index (χ0) is 14.7. The molecular formula is C17H14ClNOS. The lowest BCUT2D eigenvalue weighted by atomic mass is 10.2. The number of thioether (sulfide) groups is 1. The molecule has 0 saturated heterocycles. The number of halogens is 1. The van der Waals surface area contributed by atoms with Gasteiger partial charge in [-0.15, -0.1) is 11.8 Å². The highest BCUT2D eigenvalue weighted by atomic mass is 35.5. The van der Waals surface area contributed by atoms with Gasteiger partial charge in [0.15, 0.2) is 0 Å². The van der Waals surface area contributed by atoms with Crippen LogP contribution in [0.15, 0.2) is 59.6 Å². The SMILES string of the molecule is OCc1cc2ccccc2nc1SCc1ccc(Cl)cc1. The summed E-state index contributed by atoms with van der Waals surface area (Å²) >= 11 is 7.52. The first-order chi connectivity index (χ1) is 10.3. The average Bonchev–Trinajstić information content (AvgIpc) is 2.53. The van der Waals surface area contributed by atoms with Crippen molar-refractivity contribution in [3.63, 3.8) is 0 Å². The molecule has 106 valence electrons. The quantitative estimate of drug-likeness (QED) is 0.710. The van der Waals surface area contributed by atoms with Gasteiger partial charge in [0.1, 0.15) is 5.03 Å². The van der Waals surface area contributed by atoms with Crippen LogP contribution in [0.3, 0.4) is 0 Å². The molecule has 3 aromatic rings. The molecule has 0 fully saturated rings. The highest BCUT2D eigenvalue weighted by Gasteiger charge is 2.07. The first-order valence-electron chi connectivity index (χ1n) is 6.63. The number of pyridine rings is 1. The second-order valence-corrected chi connectivity index (χ2v) is 6.12. The van der Waals surface area contributed by atoms with Gasteiger partial charge in [0.25, 0.3) is 0 Å². The maximum atomic E-state index is 9.54. The van der Waals surface area contributed by atoms with Gasteiger partial charge in [-0.25, -0.2) is 4.98 Å². The molecule has 0 aliphatic heterocycles. The summed E-state index contributed by atoms with van der Waals surface area (Å²) < 4.78 is 0. The molecule has 4 heteroatoms. The molecule has 0 spiro atoms. The third-order valence-electron chi connectivity index (χ3n) is 3.22. The summed E-state index contributed by atoms with van der Waals surface area (Å²) in [6, 6.07) is 17.7. The number of aliphatic hydroxyl groups excluding tert-OH is 1. The lowest BCUT2D eigenvalue weighted by molar-refractivity contribution is 0.278. The Morgan fingerprint density at radius 1 is 1.05 bits per heavy atom. The Hall–Kier alpha value is -1.55. The third-order valence-corrected chi connectivity index (χ3v) is 4.58. The third kappa shape index (κ3) is 3.38. The van der Waals surface area contributed by atoms with Crippen molar-refractivity contribution < 1.29 is 5.11 Å². The van der Waals surface area contributed by atoms with Crippen molar-refractivity contribution in [1.29, 1.82) is 0 Å². The van der Waals surface area contributed by atoms with Crippen LogP contribution in [-0.2, 0) is 12.4 Å². The summed E-state index contributed by atoms with van der Waals surface area (Å²) in [5.74, 6) is 0.801. The number of rotatable bonds is 4. The highest BCUT2D eigenvalue weighted by molar-refractivity contribution is 7.98. The predicted molar refractivity (Wildman–Crippen MR) is 88.7 cm³/mol. The molecule has 0 amide bonds. The highest BCUT2D eigenvalue weighted by Crippen LogP contribution is 2.28. The zero-order valence-electron chi connectivity index (χ0n) is 11.3. The van der Waals surface area contributed by atoms with Gasteiger partial charge in [0, 0.05) is 21.7 Å². The molecule has 0 aliphatic carbocycles. The molecule has 0 aliphatic rings. The minimum atomic E-state index is 0.000779. The topological polar surface area (TPSA) is 33.1 Å². The standard InChI is InChI=1S/C17H14ClNOS/c18-15-7-5-12(6-8-15)11-21-17-14(10-20)9-13-3-1-2-4-16(13)19-17/h1-9,20H,10-11H2. The minimum absolute atomic E-state index is 0.000779. The van der Waals surface area contributed by atoms with Crippen LogP contribution in [0, 0.1) is 0 Å². The van der Waals surface area contributed by atoms with Gasteiger partial charge in [-0.1, -0.05) is 41.9 Å². The van der Waals surface area contributed by atoms with E-state index < -0.39 is 0 Å². The van der Waals surface area contributed by atoms with Crippen molar-refractivity contribution in [1.82, 2.24) is 4.98 Å². The molecule has 0 unspecified atom stereocenters. The maximum absolute atomic E-state index is 9.54. The smallest absolute Gasteiger partial charge is 0.103 e. The maximum Gasteiger partial charge on any atom is 0.103 e. The normalized spacial score (nSPS) is 11.0. The van der Waals surface area contributed by atoms with Crippen LogP contribution in [0.4, 0.5) is 0 Å². The van der Waals surface area contributed by atoms with Gasteiger partial charge in [0.05, 0.1) is 12.1 Å². The van der Waals surface area contributed by atoms with E-state index in [0.717, 1.165) is 32.3 Å².